The summed E-state index contributed by atoms with van der Waals surface area (Å²) < 4.78 is 5.74. The molecule has 1 saturated carbocycles. The molecule has 3 nitrogen and oxygen atoms in total. The third-order valence-electron chi connectivity index (χ3n) is 3.87. The van der Waals surface area contributed by atoms with Crippen LogP contribution in [-0.4, -0.2) is 16.0 Å². The highest BCUT2D eigenvalue weighted by Gasteiger charge is 2.16. The van der Waals surface area contributed by atoms with E-state index in [0.29, 0.717) is 11.1 Å². The summed E-state index contributed by atoms with van der Waals surface area (Å²) in [6, 6.07) is 8.18. The Morgan fingerprint density at radius 2 is 1.85 bits per heavy atom. The van der Waals surface area contributed by atoms with Gasteiger partial charge < -0.3 is 4.42 Å². The summed E-state index contributed by atoms with van der Waals surface area (Å²) in [4.78, 5) is 0. The number of hydrogen-bond donors (Lipinski definition) is 0. The van der Waals surface area contributed by atoms with Crippen molar-refractivity contribution in [3.05, 3.63) is 29.8 Å². The molecule has 106 valence electrons. The van der Waals surface area contributed by atoms with Crippen LogP contribution in [0.25, 0.3) is 11.5 Å². The van der Waals surface area contributed by atoms with E-state index in [0.717, 1.165) is 17.2 Å². The standard InChI is InChI=1S/C16H20N2OS/c1-12-7-9-14(10-8-12)15-17-18-16(19-15)20-11-13-5-3-2-4-6-13/h7-10,13H,2-6,11H2,1H3. The first-order valence-corrected chi connectivity index (χ1v) is 8.33. The Kier molecular flexibility index (Phi) is 4.41. The molecule has 0 atom stereocenters. The van der Waals surface area contributed by atoms with E-state index in [1.165, 1.54) is 37.7 Å². The molecular weight excluding hydrogens is 268 g/mol. The average molecular weight is 288 g/mol. The maximum Gasteiger partial charge on any atom is 0.276 e. The minimum Gasteiger partial charge on any atom is -0.411 e. The van der Waals surface area contributed by atoms with Crippen LogP contribution in [0.4, 0.5) is 0 Å². The number of rotatable bonds is 4. The molecule has 1 aliphatic rings. The fraction of sp³-hybridized carbons (Fsp3) is 0.500. The van der Waals surface area contributed by atoms with Gasteiger partial charge in [-0.05, 0) is 37.8 Å². The maximum absolute atomic E-state index is 5.74. The van der Waals surface area contributed by atoms with Crippen LogP contribution in [0.3, 0.4) is 0 Å². The van der Waals surface area contributed by atoms with E-state index in [4.69, 9.17) is 4.42 Å². The van der Waals surface area contributed by atoms with Gasteiger partial charge in [-0.15, -0.1) is 10.2 Å². The molecule has 2 aromatic rings. The minimum absolute atomic E-state index is 0.621. The van der Waals surface area contributed by atoms with Gasteiger partial charge in [-0.1, -0.05) is 48.7 Å². The summed E-state index contributed by atoms with van der Waals surface area (Å²) in [6.45, 7) is 2.07. The van der Waals surface area contributed by atoms with E-state index in [1.54, 1.807) is 11.8 Å². The third kappa shape index (κ3) is 3.42. The lowest BCUT2D eigenvalue weighted by Gasteiger charge is -2.19. The van der Waals surface area contributed by atoms with Gasteiger partial charge in [0.2, 0.25) is 5.89 Å². The molecule has 1 aromatic carbocycles. The van der Waals surface area contributed by atoms with Gasteiger partial charge in [0.1, 0.15) is 0 Å². The Labute approximate surface area is 124 Å². The molecule has 0 saturated heterocycles. The molecule has 0 radical (unpaired) electrons. The summed E-state index contributed by atoms with van der Waals surface area (Å²) in [5.74, 6) is 2.55. The summed E-state index contributed by atoms with van der Waals surface area (Å²) >= 11 is 1.71. The topological polar surface area (TPSA) is 38.9 Å². The fourth-order valence-electron chi connectivity index (χ4n) is 2.62. The molecule has 0 N–H and O–H groups in total. The van der Waals surface area contributed by atoms with Crippen molar-refractivity contribution in [2.24, 2.45) is 5.92 Å². The van der Waals surface area contributed by atoms with E-state index in [1.807, 2.05) is 12.1 Å². The van der Waals surface area contributed by atoms with Crippen molar-refractivity contribution in [2.45, 2.75) is 44.3 Å². The molecule has 1 fully saturated rings. The number of nitrogens with zero attached hydrogens (tertiary/aromatic N) is 2. The molecule has 3 rings (SSSR count). The van der Waals surface area contributed by atoms with Gasteiger partial charge in [-0.2, -0.15) is 0 Å². The molecule has 1 heterocycles. The Bertz CT molecular complexity index is 544. The highest BCUT2D eigenvalue weighted by Crippen LogP contribution is 2.30. The SMILES string of the molecule is Cc1ccc(-c2nnc(SCC3CCCCC3)o2)cc1. The molecular formula is C16H20N2OS. The number of benzene rings is 1. The molecule has 0 bridgehead atoms. The normalized spacial score (nSPS) is 16.4. The van der Waals surface area contributed by atoms with Gasteiger partial charge in [-0.3, -0.25) is 0 Å². The molecule has 20 heavy (non-hydrogen) atoms. The molecule has 0 amide bonds. The number of aromatic nitrogens is 2. The fourth-order valence-corrected chi connectivity index (χ4v) is 3.57. The lowest BCUT2D eigenvalue weighted by molar-refractivity contribution is 0.389. The highest BCUT2D eigenvalue weighted by molar-refractivity contribution is 7.99. The lowest BCUT2D eigenvalue weighted by atomic mass is 9.91. The molecule has 1 aromatic heterocycles. The number of aryl methyl sites for hydroxylation is 1. The van der Waals surface area contributed by atoms with Crippen LogP contribution in [0.2, 0.25) is 0 Å². The van der Waals surface area contributed by atoms with Gasteiger partial charge in [-0.25, -0.2) is 0 Å². The first kappa shape index (κ1) is 13.7. The number of hydrogen-bond acceptors (Lipinski definition) is 4. The molecule has 4 heteroatoms. The Morgan fingerprint density at radius 1 is 1.10 bits per heavy atom. The Balaban J connectivity index is 1.60. The van der Waals surface area contributed by atoms with Gasteiger partial charge >= 0.3 is 0 Å². The lowest BCUT2D eigenvalue weighted by Crippen LogP contribution is -2.08. The zero-order valence-electron chi connectivity index (χ0n) is 11.8. The van der Waals surface area contributed by atoms with Crippen molar-refractivity contribution in [3.8, 4) is 11.5 Å². The Morgan fingerprint density at radius 3 is 2.60 bits per heavy atom. The smallest absolute Gasteiger partial charge is 0.276 e. The van der Waals surface area contributed by atoms with E-state index >= 15 is 0 Å². The van der Waals surface area contributed by atoms with Gasteiger partial charge in [0, 0.05) is 11.3 Å². The number of thioether (sulfide) groups is 1. The first-order valence-electron chi connectivity index (χ1n) is 7.34. The zero-order chi connectivity index (χ0) is 13.8. The predicted molar refractivity (Wildman–Crippen MR) is 81.8 cm³/mol. The minimum atomic E-state index is 0.621. The van der Waals surface area contributed by atoms with Crippen molar-refractivity contribution in [2.75, 3.05) is 5.75 Å². The van der Waals surface area contributed by atoms with Crippen molar-refractivity contribution in [1.82, 2.24) is 10.2 Å². The second kappa shape index (κ2) is 6.44. The van der Waals surface area contributed by atoms with Crippen LogP contribution in [-0.2, 0) is 0 Å². The van der Waals surface area contributed by atoms with Crippen LogP contribution in [0, 0.1) is 12.8 Å². The van der Waals surface area contributed by atoms with E-state index < -0.39 is 0 Å². The van der Waals surface area contributed by atoms with E-state index in [2.05, 4.69) is 29.3 Å². The summed E-state index contributed by atoms with van der Waals surface area (Å²) in [5, 5.41) is 8.99. The van der Waals surface area contributed by atoms with Crippen molar-refractivity contribution in [1.29, 1.82) is 0 Å². The van der Waals surface area contributed by atoms with Crippen LogP contribution >= 0.6 is 11.8 Å². The van der Waals surface area contributed by atoms with Crippen LogP contribution < -0.4 is 0 Å². The van der Waals surface area contributed by atoms with Crippen molar-refractivity contribution in [3.63, 3.8) is 0 Å². The first-order chi connectivity index (χ1) is 9.81. The quantitative estimate of drug-likeness (QED) is 0.763. The summed E-state index contributed by atoms with van der Waals surface area (Å²) in [6.07, 6.45) is 6.87. The van der Waals surface area contributed by atoms with Crippen LogP contribution in [0.15, 0.2) is 33.9 Å². The van der Waals surface area contributed by atoms with E-state index in [9.17, 15) is 0 Å². The van der Waals surface area contributed by atoms with Gasteiger partial charge in [0.05, 0.1) is 0 Å². The summed E-state index contributed by atoms with van der Waals surface area (Å²) in [5.41, 5.74) is 2.23. The molecule has 1 aliphatic carbocycles. The van der Waals surface area contributed by atoms with Crippen molar-refractivity contribution < 1.29 is 4.42 Å². The zero-order valence-corrected chi connectivity index (χ0v) is 12.7. The predicted octanol–water partition coefficient (Wildman–Crippen LogP) is 4.72. The second-order valence-electron chi connectivity index (χ2n) is 5.55. The largest absolute Gasteiger partial charge is 0.411 e. The van der Waals surface area contributed by atoms with E-state index in [-0.39, 0.29) is 0 Å². The van der Waals surface area contributed by atoms with Crippen LogP contribution in [0.5, 0.6) is 0 Å². The monoisotopic (exact) mass is 288 g/mol. The van der Waals surface area contributed by atoms with Gasteiger partial charge in [0.25, 0.3) is 5.22 Å². The third-order valence-corrected chi connectivity index (χ3v) is 4.92. The Hall–Kier alpha value is -1.29. The summed E-state index contributed by atoms with van der Waals surface area (Å²) in [7, 11) is 0. The average Bonchev–Trinajstić information content (AvgIpc) is 2.96. The molecule has 0 aliphatic heterocycles. The van der Waals surface area contributed by atoms with Gasteiger partial charge in [0.15, 0.2) is 0 Å². The van der Waals surface area contributed by atoms with Crippen molar-refractivity contribution >= 4 is 11.8 Å². The maximum atomic E-state index is 5.74. The highest BCUT2D eigenvalue weighted by atomic mass is 32.2. The second-order valence-corrected chi connectivity index (χ2v) is 6.53. The molecule has 0 spiro atoms. The van der Waals surface area contributed by atoms with Crippen LogP contribution in [0.1, 0.15) is 37.7 Å². The molecule has 0 unspecified atom stereocenters.